The van der Waals surface area contributed by atoms with E-state index in [1.54, 1.807) is 0 Å². The van der Waals surface area contributed by atoms with Crippen molar-refractivity contribution in [2.75, 3.05) is 0 Å². The predicted molar refractivity (Wildman–Crippen MR) is 55.4 cm³/mol. The van der Waals surface area contributed by atoms with Crippen LogP contribution in [-0.4, -0.2) is 20.2 Å². The standard InChI is InChI=1S/C11H12N4/c1-8-7-10(9-5-3-2-4-6-9)15-11(8)12-13-14-15/h2-6,8,10H,7H2,1H3. The Morgan fingerprint density at radius 2 is 2.07 bits per heavy atom. The maximum atomic E-state index is 4.06. The Hall–Kier alpha value is -1.71. The Balaban J connectivity index is 2.05. The molecule has 0 N–H and O–H groups in total. The van der Waals surface area contributed by atoms with Gasteiger partial charge in [0.15, 0.2) is 5.82 Å². The minimum absolute atomic E-state index is 0.311. The third-order valence-electron chi connectivity index (χ3n) is 3.02. The van der Waals surface area contributed by atoms with Crippen LogP contribution >= 0.6 is 0 Å². The topological polar surface area (TPSA) is 43.6 Å². The molecule has 15 heavy (non-hydrogen) atoms. The summed E-state index contributed by atoms with van der Waals surface area (Å²) in [4.78, 5) is 0. The first-order chi connectivity index (χ1) is 7.36. The summed E-state index contributed by atoms with van der Waals surface area (Å²) in [7, 11) is 0. The number of aromatic nitrogens is 4. The quantitative estimate of drug-likeness (QED) is 0.704. The van der Waals surface area contributed by atoms with E-state index in [4.69, 9.17) is 0 Å². The Bertz CT molecular complexity index is 462. The largest absolute Gasteiger partial charge is 0.222 e. The van der Waals surface area contributed by atoms with Crippen molar-refractivity contribution in [3.8, 4) is 0 Å². The molecule has 1 aliphatic rings. The van der Waals surface area contributed by atoms with E-state index in [1.165, 1.54) is 5.56 Å². The highest BCUT2D eigenvalue weighted by atomic mass is 15.6. The van der Waals surface area contributed by atoms with Crippen LogP contribution < -0.4 is 0 Å². The van der Waals surface area contributed by atoms with E-state index in [0.717, 1.165) is 12.2 Å². The van der Waals surface area contributed by atoms with Crippen LogP contribution in [0.1, 0.15) is 36.7 Å². The van der Waals surface area contributed by atoms with Gasteiger partial charge in [-0.15, -0.1) is 5.10 Å². The van der Waals surface area contributed by atoms with Crippen molar-refractivity contribution in [1.29, 1.82) is 0 Å². The molecular formula is C11H12N4. The number of fused-ring (bicyclic) bond motifs is 1. The summed E-state index contributed by atoms with van der Waals surface area (Å²) in [5, 5.41) is 11.8. The van der Waals surface area contributed by atoms with Gasteiger partial charge in [0.2, 0.25) is 0 Å². The van der Waals surface area contributed by atoms with E-state index in [0.29, 0.717) is 12.0 Å². The summed E-state index contributed by atoms with van der Waals surface area (Å²) in [5.41, 5.74) is 1.29. The van der Waals surface area contributed by atoms with Crippen molar-refractivity contribution in [2.24, 2.45) is 0 Å². The zero-order valence-electron chi connectivity index (χ0n) is 8.54. The predicted octanol–water partition coefficient (Wildman–Crippen LogP) is 1.77. The molecule has 0 spiro atoms. The van der Waals surface area contributed by atoms with Gasteiger partial charge < -0.3 is 0 Å². The first-order valence-electron chi connectivity index (χ1n) is 5.19. The van der Waals surface area contributed by atoms with Crippen LogP contribution in [0.2, 0.25) is 0 Å². The molecule has 1 aliphatic heterocycles. The lowest BCUT2D eigenvalue weighted by molar-refractivity contribution is 0.521. The first-order valence-corrected chi connectivity index (χ1v) is 5.19. The maximum Gasteiger partial charge on any atom is 0.154 e. The van der Waals surface area contributed by atoms with Gasteiger partial charge >= 0.3 is 0 Å². The van der Waals surface area contributed by atoms with E-state index in [2.05, 4.69) is 46.7 Å². The molecule has 4 nitrogen and oxygen atoms in total. The van der Waals surface area contributed by atoms with Crippen LogP contribution in [0.3, 0.4) is 0 Å². The van der Waals surface area contributed by atoms with E-state index >= 15 is 0 Å². The van der Waals surface area contributed by atoms with Crippen LogP contribution in [0.4, 0.5) is 0 Å². The molecule has 0 amide bonds. The van der Waals surface area contributed by atoms with Crippen LogP contribution in [-0.2, 0) is 0 Å². The van der Waals surface area contributed by atoms with Gasteiger partial charge in [-0.05, 0) is 22.4 Å². The summed E-state index contributed by atoms with van der Waals surface area (Å²) in [6.07, 6.45) is 1.07. The molecule has 2 aromatic rings. The lowest BCUT2D eigenvalue weighted by atomic mass is 10.0. The number of tetrazole rings is 1. The van der Waals surface area contributed by atoms with E-state index in [1.807, 2.05) is 10.7 Å². The second kappa shape index (κ2) is 3.15. The summed E-state index contributed by atoms with van der Waals surface area (Å²) < 4.78 is 1.94. The molecule has 4 heteroatoms. The number of hydrogen-bond donors (Lipinski definition) is 0. The van der Waals surface area contributed by atoms with Crippen molar-refractivity contribution in [2.45, 2.75) is 25.3 Å². The third-order valence-corrected chi connectivity index (χ3v) is 3.02. The second-order valence-corrected chi connectivity index (χ2v) is 4.04. The minimum Gasteiger partial charge on any atom is -0.222 e. The lowest BCUT2D eigenvalue weighted by Gasteiger charge is -2.10. The van der Waals surface area contributed by atoms with Crippen molar-refractivity contribution in [3.63, 3.8) is 0 Å². The smallest absolute Gasteiger partial charge is 0.154 e. The molecule has 76 valence electrons. The molecule has 0 fully saturated rings. The molecule has 1 aromatic heterocycles. The summed E-state index contributed by atoms with van der Waals surface area (Å²) >= 11 is 0. The van der Waals surface area contributed by atoms with Gasteiger partial charge in [0.1, 0.15) is 0 Å². The summed E-state index contributed by atoms with van der Waals surface area (Å²) in [6.45, 7) is 2.17. The molecule has 1 aromatic carbocycles. The first kappa shape index (κ1) is 8.59. The monoisotopic (exact) mass is 200 g/mol. The third kappa shape index (κ3) is 1.25. The molecule has 2 unspecified atom stereocenters. The lowest BCUT2D eigenvalue weighted by Crippen LogP contribution is -2.07. The van der Waals surface area contributed by atoms with Crippen LogP contribution in [0, 0.1) is 0 Å². The SMILES string of the molecule is CC1CC(c2ccccc2)n2nnnc21. The van der Waals surface area contributed by atoms with E-state index in [9.17, 15) is 0 Å². The van der Waals surface area contributed by atoms with Crippen LogP contribution in [0.15, 0.2) is 30.3 Å². The van der Waals surface area contributed by atoms with Gasteiger partial charge in [0, 0.05) is 5.92 Å². The molecule has 3 rings (SSSR count). The van der Waals surface area contributed by atoms with Gasteiger partial charge in [0.05, 0.1) is 6.04 Å². The Kier molecular flexibility index (Phi) is 1.80. The molecule has 0 bridgehead atoms. The van der Waals surface area contributed by atoms with Gasteiger partial charge in [-0.25, -0.2) is 4.68 Å². The molecule has 2 atom stereocenters. The fraction of sp³-hybridized carbons (Fsp3) is 0.364. The zero-order chi connectivity index (χ0) is 10.3. The van der Waals surface area contributed by atoms with Gasteiger partial charge in [-0.2, -0.15) is 0 Å². The summed E-state index contributed by atoms with van der Waals surface area (Å²) in [5.74, 6) is 1.45. The van der Waals surface area contributed by atoms with Crippen molar-refractivity contribution in [1.82, 2.24) is 20.2 Å². The highest BCUT2D eigenvalue weighted by molar-refractivity contribution is 5.23. The number of nitrogens with zero attached hydrogens (tertiary/aromatic N) is 4. The van der Waals surface area contributed by atoms with Crippen molar-refractivity contribution < 1.29 is 0 Å². The molecule has 0 radical (unpaired) electrons. The minimum atomic E-state index is 0.311. The highest BCUT2D eigenvalue weighted by Gasteiger charge is 2.31. The van der Waals surface area contributed by atoms with E-state index in [-0.39, 0.29) is 0 Å². The van der Waals surface area contributed by atoms with Gasteiger partial charge in [-0.1, -0.05) is 37.3 Å². The van der Waals surface area contributed by atoms with Gasteiger partial charge in [0.25, 0.3) is 0 Å². The Labute approximate surface area is 87.9 Å². The van der Waals surface area contributed by atoms with Gasteiger partial charge in [-0.3, -0.25) is 0 Å². The van der Waals surface area contributed by atoms with Crippen LogP contribution in [0.25, 0.3) is 0 Å². The molecular weight excluding hydrogens is 188 g/mol. The average molecular weight is 200 g/mol. The second-order valence-electron chi connectivity index (χ2n) is 4.04. The molecule has 2 heterocycles. The molecule has 0 saturated carbocycles. The average Bonchev–Trinajstić information content (AvgIpc) is 2.84. The zero-order valence-corrected chi connectivity index (χ0v) is 8.54. The van der Waals surface area contributed by atoms with Crippen LogP contribution in [0.5, 0.6) is 0 Å². The number of benzene rings is 1. The van der Waals surface area contributed by atoms with Crippen molar-refractivity contribution >= 4 is 0 Å². The summed E-state index contributed by atoms with van der Waals surface area (Å²) in [6, 6.07) is 10.7. The number of rotatable bonds is 1. The molecule has 0 aliphatic carbocycles. The fourth-order valence-electron chi connectivity index (χ4n) is 2.24. The normalized spacial score (nSPS) is 24.1. The highest BCUT2D eigenvalue weighted by Crippen LogP contribution is 2.36. The van der Waals surface area contributed by atoms with E-state index < -0.39 is 0 Å². The Morgan fingerprint density at radius 3 is 2.87 bits per heavy atom. The molecule has 0 saturated heterocycles. The number of hydrogen-bond acceptors (Lipinski definition) is 3. The van der Waals surface area contributed by atoms with Crippen molar-refractivity contribution in [3.05, 3.63) is 41.7 Å². The maximum absolute atomic E-state index is 4.06. The Morgan fingerprint density at radius 1 is 1.27 bits per heavy atom. The fourth-order valence-corrected chi connectivity index (χ4v) is 2.24.